The molecule has 3 nitrogen and oxygen atoms in total. The zero-order valence-corrected chi connectivity index (χ0v) is 11.0. The van der Waals surface area contributed by atoms with Gasteiger partial charge < -0.3 is 0 Å². The first kappa shape index (κ1) is 12.5. The Morgan fingerprint density at radius 2 is 1.94 bits per heavy atom. The average molecular weight is 259 g/mol. The predicted molar refractivity (Wildman–Crippen MR) is 75.1 cm³/mol. The molecule has 0 fully saturated rings. The second kappa shape index (κ2) is 5.14. The zero-order valence-electron chi connectivity index (χ0n) is 10.2. The number of hydrogen-bond donors (Lipinski definition) is 0. The molecule has 0 aliphatic carbocycles. The molecule has 0 unspecified atom stereocenters. The minimum Gasteiger partial charge on any atom is -0.258 e. The van der Waals surface area contributed by atoms with Gasteiger partial charge in [-0.15, -0.1) is 11.3 Å². The molecule has 2 aromatic rings. The highest BCUT2D eigenvalue weighted by molar-refractivity contribution is 7.12. The summed E-state index contributed by atoms with van der Waals surface area (Å²) in [5.41, 5.74) is 1.69. The minimum absolute atomic E-state index is 0.136. The lowest BCUT2D eigenvalue weighted by molar-refractivity contribution is -0.374. The van der Waals surface area contributed by atoms with Crippen molar-refractivity contribution in [1.82, 2.24) is 0 Å². The summed E-state index contributed by atoms with van der Waals surface area (Å²) in [5.74, 6) is 0. The number of thiophene rings is 1. The lowest BCUT2D eigenvalue weighted by Crippen LogP contribution is -1.97. The lowest BCUT2D eigenvalue weighted by atomic mass is 10.1. The largest absolute Gasteiger partial charge is 0.277 e. The van der Waals surface area contributed by atoms with Crippen molar-refractivity contribution in [3.63, 3.8) is 0 Å². The second-order valence-electron chi connectivity index (χ2n) is 4.02. The van der Waals surface area contributed by atoms with E-state index < -0.39 is 0 Å². The standard InChI is InChI=1S/C14H13NO2S/c1-10-8-13(11(2)18-10)9-14(15(16)17)12-6-4-3-5-7-12/h3-9H,1-2H3. The van der Waals surface area contributed by atoms with Gasteiger partial charge in [-0.2, -0.15) is 0 Å². The van der Waals surface area contributed by atoms with Crippen LogP contribution in [0.4, 0.5) is 0 Å². The molecule has 18 heavy (non-hydrogen) atoms. The van der Waals surface area contributed by atoms with Crippen LogP contribution in [0.15, 0.2) is 36.4 Å². The quantitative estimate of drug-likeness (QED) is 0.614. The number of nitrogens with zero attached hydrogens (tertiary/aromatic N) is 1. The van der Waals surface area contributed by atoms with E-state index in [1.807, 2.05) is 26.0 Å². The van der Waals surface area contributed by atoms with Gasteiger partial charge in [0.25, 0.3) is 5.70 Å². The van der Waals surface area contributed by atoms with Gasteiger partial charge in [0.1, 0.15) is 0 Å². The van der Waals surface area contributed by atoms with Crippen molar-refractivity contribution < 1.29 is 4.92 Å². The zero-order chi connectivity index (χ0) is 13.1. The van der Waals surface area contributed by atoms with Crippen LogP contribution in [0.1, 0.15) is 20.9 Å². The Balaban J connectivity index is 2.49. The highest BCUT2D eigenvalue weighted by atomic mass is 32.1. The van der Waals surface area contributed by atoms with Crippen LogP contribution in [0.25, 0.3) is 11.8 Å². The molecule has 0 amide bonds. The van der Waals surface area contributed by atoms with Crippen molar-refractivity contribution in [2.45, 2.75) is 13.8 Å². The molecule has 1 aromatic heterocycles. The summed E-state index contributed by atoms with van der Waals surface area (Å²) in [5, 5.41) is 11.2. The maximum Gasteiger partial charge on any atom is 0.277 e. The molecule has 0 bridgehead atoms. The highest BCUT2D eigenvalue weighted by Crippen LogP contribution is 2.26. The molecule has 0 aliphatic heterocycles. The van der Waals surface area contributed by atoms with Gasteiger partial charge in [-0.3, -0.25) is 10.1 Å². The van der Waals surface area contributed by atoms with Crippen LogP contribution in [0.5, 0.6) is 0 Å². The fraction of sp³-hybridized carbons (Fsp3) is 0.143. The first-order chi connectivity index (χ1) is 8.58. The van der Waals surface area contributed by atoms with Crippen molar-refractivity contribution >= 4 is 23.1 Å². The third-order valence-corrected chi connectivity index (χ3v) is 3.62. The van der Waals surface area contributed by atoms with Crippen LogP contribution in [0, 0.1) is 24.0 Å². The van der Waals surface area contributed by atoms with Gasteiger partial charge in [0, 0.05) is 15.8 Å². The summed E-state index contributed by atoms with van der Waals surface area (Å²) >= 11 is 1.65. The molecule has 0 saturated heterocycles. The third kappa shape index (κ3) is 2.65. The molecule has 0 spiro atoms. The number of rotatable bonds is 3. The molecule has 0 N–H and O–H groups in total. The van der Waals surface area contributed by atoms with Crippen LogP contribution in [-0.4, -0.2) is 4.92 Å². The molecule has 4 heteroatoms. The molecule has 0 radical (unpaired) electrons. The van der Waals surface area contributed by atoms with Crippen molar-refractivity contribution in [1.29, 1.82) is 0 Å². The van der Waals surface area contributed by atoms with Crippen LogP contribution < -0.4 is 0 Å². The molecule has 1 heterocycles. The van der Waals surface area contributed by atoms with Gasteiger partial charge in [-0.1, -0.05) is 18.2 Å². The molecule has 0 atom stereocenters. The average Bonchev–Trinajstić information content (AvgIpc) is 2.65. The Hall–Kier alpha value is -1.94. The van der Waals surface area contributed by atoms with Crippen LogP contribution in [0.2, 0.25) is 0 Å². The van der Waals surface area contributed by atoms with Crippen LogP contribution in [0.3, 0.4) is 0 Å². The van der Waals surface area contributed by atoms with Gasteiger partial charge in [-0.05, 0) is 37.6 Å². The molecule has 2 rings (SSSR count). The van der Waals surface area contributed by atoms with Gasteiger partial charge in [0.2, 0.25) is 0 Å². The maximum absolute atomic E-state index is 11.2. The van der Waals surface area contributed by atoms with E-state index in [-0.39, 0.29) is 10.6 Å². The second-order valence-corrected chi connectivity index (χ2v) is 5.48. The molecular formula is C14H13NO2S. The number of benzene rings is 1. The summed E-state index contributed by atoms with van der Waals surface area (Å²) in [6.45, 7) is 3.98. The van der Waals surface area contributed by atoms with Gasteiger partial charge >= 0.3 is 0 Å². The van der Waals surface area contributed by atoms with E-state index >= 15 is 0 Å². The van der Waals surface area contributed by atoms with Crippen molar-refractivity contribution in [2.75, 3.05) is 0 Å². The van der Waals surface area contributed by atoms with Crippen molar-refractivity contribution in [2.24, 2.45) is 0 Å². The Labute approximate surface area is 110 Å². The van der Waals surface area contributed by atoms with E-state index in [1.54, 1.807) is 41.7 Å². The van der Waals surface area contributed by atoms with E-state index in [0.29, 0.717) is 5.56 Å². The van der Waals surface area contributed by atoms with Crippen molar-refractivity contribution in [3.8, 4) is 0 Å². The van der Waals surface area contributed by atoms with Crippen LogP contribution >= 0.6 is 11.3 Å². The smallest absolute Gasteiger partial charge is 0.258 e. The van der Waals surface area contributed by atoms with Gasteiger partial charge in [-0.25, -0.2) is 0 Å². The van der Waals surface area contributed by atoms with E-state index in [9.17, 15) is 10.1 Å². The molecule has 1 aromatic carbocycles. The summed E-state index contributed by atoms with van der Waals surface area (Å²) in [7, 11) is 0. The fourth-order valence-corrected chi connectivity index (χ4v) is 2.70. The summed E-state index contributed by atoms with van der Waals surface area (Å²) in [4.78, 5) is 13.1. The summed E-state index contributed by atoms with van der Waals surface area (Å²) < 4.78 is 0. The van der Waals surface area contributed by atoms with E-state index in [2.05, 4.69) is 0 Å². The topological polar surface area (TPSA) is 43.1 Å². The number of nitro groups is 1. The Kier molecular flexibility index (Phi) is 3.58. The van der Waals surface area contributed by atoms with Crippen molar-refractivity contribution in [3.05, 3.63) is 67.4 Å². The Morgan fingerprint density at radius 3 is 2.44 bits per heavy atom. The monoisotopic (exact) mass is 259 g/mol. The number of hydrogen-bond acceptors (Lipinski definition) is 3. The van der Waals surface area contributed by atoms with E-state index in [0.717, 1.165) is 15.3 Å². The number of aryl methyl sites for hydroxylation is 2. The molecular weight excluding hydrogens is 246 g/mol. The van der Waals surface area contributed by atoms with Crippen LogP contribution in [-0.2, 0) is 0 Å². The maximum atomic E-state index is 11.2. The summed E-state index contributed by atoms with van der Waals surface area (Å²) in [6.07, 6.45) is 1.65. The molecule has 92 valence electrons. The first-order valence-electron chi connectivity index (χ1n) is 5.56. The Morgan fingerprint density at radius 1 is 1.28 bits per heavy atom. The lowest BCUT2D eigenvalue weighted by Gasteiger charge is -1.98. The Bertz CT molecular complexity index is 600. The first-order valence-corrected chi connectivity index (χ1v) is 6.38. The highest BCUT2D eigenvalue weighted by Gasteiger charge is 2.14. The third-order valence-electron chi connectivity index (χ3n) is 2.64. The van der Waals surface area contributed by atoms with E-state index in [4.69, 9.17) is 0 Å². The molecule has 0 saturated carbocycles. The predicted octanol–water partition coefficient (Wildman–Crippen LogP) is 4.14. The minimum atomic E-state index is -0.332. The van der Waals surface area contributed by atoms with Gasteiger partial charge in [0.05, 0.1) is 10.5 Å². The van der Waals surface area contributed by atoms with Gasteiger partial charge in [0.15, 0.2) is 0 Å². The normalized spacial score (nSPS) is 11.6. The summed E-state index contributed by atoms with van der Waals surface area (Å²) in [6, 6.07) is 10.9. The fourth-order valence-electron chi connectivity index (χ4n) is 1.79. The molecule has 0 aliphatic rings. The SMILES string of the molecule is Cc1cc(C=C(c2ccccc2)[N+](=O)[O-])c(C)s1. The van der Waals surface area contributed by atoms with E-state index in [1.165, 1.54) is 0 Å².